The summed E-state index contributed by atoms with van der Waals surface area (Å²) >= 11 is 0. The second-order valence-corrected chi connectivity index (χ2v) is 3.88. The van der Waals surface area contributed by atoms with Gasteiger partial charge in [0.05, 0.1) is 6.61 Å². The predicted octanol–water partition coefficient (Wildman–Crippen LogP) is 4.01. The highest BCUT2D eigenvalue weighted by Crippen LogP contribution is 2.10. The van der Waals surface area contributed by atoms with Gasteiger partial charge in [0, 0.05) is 0 Å². The van der Waals surface area contributed by atoms with Crippen molar-refractivity contribution in [3.05, 3.63) is 42.3 Å². The van der Waals surface area contributed by atoms with Gasteiger partial charge in [0.1, 0.15) is 0 Å². The van der Waals surface area contributed by atoms with E-state index in [-0.39, 0.29) is 6.61 Å². The summed E-state index contributed by atoms with van der Waals surface area (Å²) in [6.07, 6.45) is 9.11. The topological polar surface area (TPSA) is 19.9 Å². The van der Waals surface area contributed by atoms with Gasteiger partial charge in [-0.25, -0.2) is 5.11 Å². The highest BCUT2D eigenvalue weighted by molar-refractivity contribution is 5.21. The zero-order chi connectivity index (χ0) is 10.8. The van der Waals surface area contributed by atoms with Crippen molar-refractivity contribution in [1.82, 2.24) is 0 Å². The average molecular weight is 204 g/mol. The first kappa shape index (κ1) is 12.3. The van der Waals surface area contributed by atoms with Gasteiger partial charge in [-0.3, -0.25) is 0 Å². The maximum Gasteiger partial charge on any atom is 0.0822 e. The Morgan fingerprint density at radius 3 is 2.27 bits per heavy atom. The summed E-state index contributed by atoms with van der Waals surface area (Å²) in [4.78, 5) is 0. The Morgan fingerprint density at radius 1 is 0.867 bits per heavy atom. The molecule has 15 heavy (non-hydrogen) atoms. The van der Waals surface area contributed by atoms with Gasteiger partial charge in [-0.15, -0.1) is 0 Å². The SMILES string of the molecule is [O]CCCCCCC[CH]c1ccccc1. The van der Waals surface area contributed by atoms with Crippen LogP contribution in [0.1, 0.15) is 44.1 Å². The molecule has 0 amide bonds. The number of benzene rings is 1. The summed E-state index contributed by atoms with van der Waals surface area (Å²) < 4.78 is 0. The van der Waals surface area contributed by atoms with E-state index in [4.69, 9.17) is 0 Å². The van der Waals surface area contributed by atoms with Crippen molar-refractivity contribution in [3.63, 3.8) is 0 Å². The maximum absolute atomic E-state index is 10.2. The van der Waals surface area contributed by atoms with E-state index in [1.54, 1.807) is 0 Å². The molecule has 0 atom stereocenters. The summed E-state index contributed by atoms with van der Waals surface area (Å²) in [5.41, 5.74) is 1.32. The molecule has 0 aliphatic rings. The first-order valence-corrected chi connectivity index (χ1v) is 5.90. The molecule has 1 aromatic carbocycles. The van der Waals surface area contributed by atoms with Gasteiger partial charge >= 0.3 is 0 Å². The predicted molar refractivity (Wildman–Crippen MR) is 63.1 cm³/mol. The molecule has 0 saturated carbocycles. The van der Waals surface area contributed by atoms with Crippen LogP contribution >= 0.6 is 0 Å². The van der Waals surface area contributed by atoms with Crippen molar-refractivity contribution in [3.8, 4) is 0 Å². The van der Waals surface area contributed by atoms with Crippen molar-refractivity contribution in [2.45, 2.75) is 38.5 Å². The van der Waals surface area contributed by atoms with E-state index < -0.39 is 0 Å². The van der Waals surface area contributed by atoms with Gasteiger partial charge in [0.25, 0.3) is 0 Å². The molecule has 0 heterocycles. The molecule has 0 fully saturated rings. The molecule has 0 unspecified atom stereocenters. The highest BCUT2D eigenvalue weighted by Gasteiger charge is 1.93. The lowest BCUT2D eigenvalue weighted by Crippen LogP contribution is -1.84. The van der Waals surface area contributed by atoms with Crippen LogP contribution in [0, 0.1) is 6.42 Å². The Morgan fingerprint density at radius 2 is 1.53 bits per heavy atom. The zero-order valence-electron chi connectivity index (χ0n) is 9.32. The minimum Gasteiger partial charge on any atom is -0.237 e. The summed E-state index contributed by atoms with van der Waals surface area (Å²) in [6.45, 7) is 0.0934. The summed E-state index contributed by atoms with van der Waals surface area (Å²) in [5.74, 6) is 0. The van der Waals surface area contributed by atoms with E-state index in [0.717, 1.165) is 19.3 Å². The number of hydrogen-bond acceptors (Lipinski definition) is 0. The van der Waals surface area contributed by atoms with Gasteiger partial charge in [0.15, 0.2) is 0 Å². The molecule has 1 nitrogen and oxygen atoms in total. The van der Waals surface area contributed by atoms with Crippen LogP contribution in [-0.2, 0) is 5.11 Å². The molecular formula is C14H20O. The van der Waals surface area contributed by atoms with Crippen molar-refractivity contribution in [2.75, 3.05) is 6.61 Å². The first-order chi connectivity index (χ1) is 7.43. The lowest BCUT2D eigenvalue weighted by Gasteiger charge is -2.01. The summed E-state index contributed by atoms with van der Waals surface area (Å²) in [7, 11) is 0. The quantitative estimate of drug-likeness (QED) is 0.570. The second-order valence-electron chi connectivity index (χ2n) is 3.88. The molecule has 0 bridgehead atoms. The molecule has 0 aromatic heterocycles. The molecule has 82 valence electrons. The van der Waals surface area contributed by atoms with E-state index in [1.165, 1.54) is 24.8 Å². The van der Waals surface area contributed by atoms with E-state index >= 15 is 0 Å². The maximum atomic E-state index is 10.2. The second kappa shape index (κ2) is 8.49. The zero-order valence-corrected chi connectivity index (χ0v) is 9.32. The first-order valence-electron chi connectivity index (χ1n) is 5.90. The standard InChI is InChI=1S/C14H20O/c15-13-9-4-2-1-3-6-10-14-11-7-5-8-12-14/h5,7-8,10-12H,1-4,6,9,13H2. The van der Waals surface area contributed by atoms with Crippen LogP contribution in [0.2, 0.25) is 0 Å². The molecular weight excluding hydrogens is 184 g/mol. The number of hydrogen-bond donors (Lipinski definition) is 0. The molecule has 0 spiro atoms. The van der Waals surface area contributed by atoms with Crippen molar-refractivity contribution in [1.29, 1.82) is 0 Å². The van der Waals surface area contributed by atoms with Gasteiger partial charge in [-0.2, -0.15) is 0 Å². The van der Waals surface area contributed by atoms with Gasteiger partial charge in [0.2, 0.25) is 0 Å². The van der Waals surface area contributed by atoms with Crippen LogP contribution in [0.5, 0.6) is 0 Å². The van der Waals surface area contributed by atoms with E-state index in [0.29, 0.717) is 0 Å². The molecule has 0 saturated heterocycles. The molecule has 0 aliphatic carbocycles. The Kier molecular flexibility index (Phi) is 6.93. The van der Waals surface area contributed by atoms with E-state index in [2.05, 4.69) is 30.7 Å². The Hall–Kier alpha value is -0.820. The largest absolute Gasteiger partial charge is 0.237 e. The number of rotatable bonds is 8. The van der Waals surface area contributed by atoms with Crippen LogP contribution < -0.4 is 0 Å². The van der Waals surface area contributed by atoms with Crippen LogP contribution in [0.4, 0.5) is 0 Å². The lowest BCUT2D eigenvalue weighted by molar-refractivity contribution is 0.186. The third-order valence-corrected chi connectivity index (χ3v) is 2.53. The molecule has 0 aliphatic heterocycles. The smallest absolute Gasteiger partial charge is 0.0822 e. The Labute approximate surface area is 93.1 Å². The fourth-order valence-corrected chi connectivity index (χ4v) is 1.63. The van der Waals surface area contributed by atoms with Gasteiger partial charge in [-0.1, -0.05) is 56.0 Å². The van der Waals surface area contributed by atoms with Crippen LogP contribution in [0.15, 0.2) is 30.3 Å². The van der Waals surface area contributed by atoms with Gasteiger partial charge < -0.3 is 0 Å². The van der Waals surface area contributed by atoms with Crippen LogP contribution in [-0.4, -0.2) is 6.61 Å². The molecule has 1 rings (SSSR count). The third-order valence-electron chi connectivity index (χ3n) is 2.53. The molecule has 1 heteroatoms. The third kappa shape index (κ3) is 6.29. The molecule has 0 N–H and O–H groups in total. The van der Waals surface area contributed by atoms with Crippen LogP contribution in [0.25, 0.3) is 0 Å². The van der Waals surface area contributed by atoms with Crippen molar-refractivity contribution >= 4 is 0 Å². The Bertz CT molecular complexity index is 230. The average Bonchev–Trinajstić information content (AvgIpc) is 2.29. The minimum atomic E-state index is 0.0934. The minimum absolute atomic E-state index is 0.0934. The van der Waals surface area contributed by atoms with E-state index in [1.807, 2.05) is 6.07 Å². The highest BCUT2D eigenvalue weighted by atomic mass is 16.2. The summed E-state index contributed by atoms with van der Waals surface area (Å²) in [5, 5.41) is 10.2. The van der Waals surface area contributed by atoms with Crippen LogP contribution in [0.3, 0.4) is 0 Å². The fourth-order valence-electron chi connectivity index (χ4n) is 1.63. The number of unbranched alkanes of at least 4 members (excludes halogenated alkanes) is 5. The van der Waals surface area contributed by atoms with E-state index in [9.17, 15) is 5.11 Å². The normalized spacial score (nSPS) is 10.5. The molecule has 1 aromatic rings. The molecule has 2 radical (unpaired) electrons. The summed E-state index contributed by atoms with van der Waals surface area (Å²) in [6, 6.07) is 10.5. The Balaban J connectivity index is 1.93. The monoisotopic (exact) mass is 204 g/mol. The van der Waals surface area contributed by atoms with Crippen molar-refractivity contribution in [2.24, 2.45) is 0 Å². The van der Waals surface area contributed by atoms with Gasteiger partial charge in [-0.05, 0) is 24.8 Å². The fraction of sp³-hybridized carbons (Fsp3) is 0.500. The van der Waals surface area contributed by atoms with Crippen molar-refractivity contribution < 1.29 is 5.11 Å². The lowest BCUT2D eigenvalue weighted by atomic mass is 10.1.